The number of hydrogen-bond donors (Lipinski definition) is 2. The smallest absolute Gasteiger partial charge is 0.276 e. The molecule has 2 aliphatic rings. The van der Waals surface area contributed by atoms with Crippen molar-refractivity contribution in [2.75, 3.05) is 13.1 Å². The molecule has 4 heterocycles. The van der Waals surface area contributed by atoms with Crippen molar-refractivity contribution >= 4 is 29.0 Å². The number of aromatic amines is 1. The van der Waals surface area contributed by atoms with E-state index in [1.807, 2.05) is 25.4 Å². The monoisotopic (exact) mass is 323 g/mol. The van der Waals surface area contributed by atoms with Gasteiger partial charge >= 0.3 is 0 Å². The molecule has 0 saturated carbocycles. The van der Waals surface area contributed by atoms with Gasteiger partial charge in [0, 0.05) is 36.4 Å². The molecule has 124 valence electrons. The third-order valence-electron chi connectivity index (χ3n) is 4.58. The molecule has 2 aromatic rings. The molecule has 0 atom stereocenters. The first-order valence-electron chi connectivity index (χ1n) is 8.51. The number of aryl methyl sites for hydroxylation is 1. The number of fused-ring (bicyclic) bond motifs is 1. The fraction of sp³-hybridized carbons (Fsp3) is 0.389. The first kappa shape index (κ1) is 14.9. The fourth-order valence-electron chi connectivity index (χ4n) is 3.28. The summed E-state index contributed by atoms with van der Waals surface area (Å²) in [6.45, 7) is 3.93. The average molecular weight is 323 g/mol. The van der Waals surface area contributed by atoms with Crippen LogP contribution >= 0.6 is 0 Å². The van der Waals surface area contributed by atoms with Crippen molar-refractivity contribution < 1.29 is 4.79 Å². The van der Waals surface area contributed by atoms with E-state index in [9.17, 15) is 4.79 Å². The van der Waals surface area contributed by atoms with Crippen LogP contribution in [0.5, 0.6) is 0 Å². The van der Waals surface area contributed by atoms with Crippen LogP contribution in [0, 0.1) is 6.92 Å². The predicted molar refractivity (Wildman–Crippen MR) is 94.4 cm³/mol. The summed E-state index contributed by atoms with van der Waals surface area (Å²) in [5, 5.41) is 3.92. The highest BCUT2D eigenvalue weighted by Crippen LogP contribution is 2.22. The number of amides is 1. The van der Waals surface area contributed by atoms with Gasteiger partial charge in [0.05, 0.1) is 0 Å². The van der Waals surface area contributed by atoms with E-state index in [1.165, 1.54) is 12.8 Å². The van der Waals surface area contributed by atoms with Gasteiger partial charge in [-0.2, -0.15) is 0 Å². The van der Waals surface area contributed by atoms with Crippen LogP contribution in [0.25, 0.3) is 17.1 Å². The summed E-state index contributed by atoms with van der Waals surface area (Å²) in [6.07, 6.45) is 10.3. The number of carbonyl (C=O) groups excluding carboxylic acids is 1. The molecule has 0 radical (unpaired) electrons. The largest absolute Gasteiger partial charge is 0.346 e. The Morgan fingerprint density at radius 3 is 2.79 bits per heavy atom. The Bertz CT molecular complexity index is 840. The number of carbonyl (C=O) groups is 1. The third kappa shape index (κ3) is 2.79. The van der Waals surface area contributed by atoms with Gasteiger partial charge < -0.3 is 9.88 Å². The first-order chi connectivity index (χ1) is 11.7. The molecule has 6 nitrogen and oxygen atoms in total. The van der Waals surface area contributed by atoms with Crippen molar-refractivity contribution in [2.24, 2.45) is 4.99 Å². The van der Waals surface area contributed by atoms with Crippen molar-refractivity contribution in [1.29, 1.82) is 0 Å². The summed E-state index contributed by atoms with van der Waals surface area (Å²) < 4.78 is 0. The number of aliphatic imine (C=N–C) groups is 1. The predicted octanol–water partition coefficient (Wildman–Crippen LogP) is 2.57. The number of nitrogens with one attached hydrogen (secondary N) is 2. The minimum atomic E-state index is -0.135. The molecule has 0 bridgehead atoms. The van der Waals surface area contributed by atoms with Crippen LogP contribution in [0.4, 0.5) is 0 Å². The summed E-state index contributed by atoms with van der Waals surface area (Å²) in [6, 6.07) is 2.07. The minimum Gasteiger partial charge on any atom is -0.346 e. The van der Waals surface area contributed by atoms with Crippen molar-refractivity contribution in [3.63, 3.8) is 0 Å². The van der Waals surface area contributed by atoms with E-state index in [0.29, 0.717) is 11.7 Å². The lowest BCUT2D eigenvalue weighted by molar-refractivity contribution is -0.115. The molecular weight excluding hydrogens is 302 g/mol. The van der Waals surface area contributed by atoms with E-state index >= 15 is 0 Å². The molecule has 0 spiro atoms. The van der Waals surface area contributed by atoms with Crippen LogP contribution in [0.3, 0.4) is 0 Å². The average Bonchev–Trinajstić information content (AvgIpc) is 3.01. The van der Waals surface area contributed by atoms with E-state index < -0.39 is 0 Å². The molecule has 0 aliphatic carbocycles. The Hall–Kier alpha value is -2.63. The maximum absolute atomic E-state index is 12.3. The van der Waals surface area contributed by atoms with Crippen LogP contribution in [-0.4, -0.2) is 39.8 Å². The zero-order valence-electron chi connectivity index (χ0n) is 13.8. The molecule has 1 saturated heterocycles. The number of aromatic nitrogens is 2. The number of guanidine groups is 1. The Balaban J connectivity index is 1.65. The van der Waals surface area contributed by atoms with Gasteiger partial charge in [-0.3, -0.25) is 10.1 Å². The first-order valence-corrected chi connectivity index (χ1v) is 8.51. The zero-order valence-corrected chi connectivity index (χ0v) is 13.8. The van der Waals surface area contributed by atoms with E-state index in [4.69, 9.17) is 0 Å². The van der Waals surface area contributed by atoms with Crippen LogP contribution in [-0.2, 0) is 4.79 Å². The number of likely N-dealkylation sites (tertiary alicyclic amines) is 1. The van der Waals surface area contributed by atoms with Crippen molar-refractivity contribution in [3.8, 4) is 0 Å². The van der Waals surface area contributed by atoms with Crippen molar-refractivity contribution in [2.45, 2.75) is 32.6 Å². The van der Waals surface area contributed by atoms with E-state index in [-0.39, 0.29) is 5.91 Å². The van der Waals surface area contributed by atoms with Gasteiger partial charge in [0.25, 0.3) is 5.91 Å². The fourth-order valence-corrected chi connectivity index (χ4v) is 3.28. The Morgan fingerprint density at radius 2 is 2.00 bits per heavy atom. The number of hydrogen-bond acceptors (Lipinski definition) is 4. The lowest BCUT2D eigenvalue weighted by atomic mass is 10.1. The molecular formula is C18H21N5O. The standard InChI is InChI=1S/C18H21N5O/c1-12-8-14-13(11-20-16(14)19-10-12)9-15-17(24)22-18(21-15)23-6-4-2-3-5-7-23/h8-11H,2-7H2,1H3,(H,19,20)(H,21,22,24). The SMILES string of the molecule is Cc1cnc2[nH]cc(C=C3N=C(N4CCCCCC4)NC3=O)c2c1. The van der Waals surface area contributed by atoms with E-state index in [0.717, 1.165) is 48.1 Å². The highest BCUT2D eigenvalue weighted by Gasteiger charge is 2.25. The van der Waals surface area contributed by atoms with Gasteiger partial charge in [0.15, 0.2) is 0 Å². The minimum absolute atomic E-state index is 0.135. The van der Waals surface area contributed by atoms with Gasteiger partial charge in [0.2, 0.25) is 5.96 Å². The second-order valence-corrected chi connectivity index (χ2v) is 6.47. The molecule has 1 amide bonds. The van der Waals surface area contributed by atoms with E-state index in [1.54, 1.807) is 0 Å². The second-order valence-electron chi connectivity index (χ2n) is 6.47. The zero-order chi connectivity index (χ0) is 16.5. The molecule has 4 rings (SSSR count). The highest BCUT2D eigenvalue weighted by atomic mass is 16.2. The van der Waals surface area contributed by atoms with Gasteiger partial charge in [-0.15, -0.1) is 0 Å². The van der Waals surface area contributed by atoms with Crippen LogP contribution in [0.2, 0.25) is 0 Å². The maximum Gasteiger partial charge on any atom is 0.276 e. The lowest BCUT2D eigenvalue weighted by Crippen LogP contribution is -2.40. The summed E-state index contributed by atoms with van der Waals surface area (Å²) >= 11 is 0. The number of pyridine rings is 1. The number of H-pyrrole nitrogens is 1. The Morgan fingerprint density at radius 1 is 1.21 bits per heavy atom. The van der Waals surface area contributed by atoms with Crippen LogP contribution in [0.15, 0.2) is 29.1 Å². The van der Waals surface area contributed by atoms with Gasteiger partial charge in [0.1, 0.15) is 11.3 Å². The quantitative estimate of drug-likeness (QED) is 0.792. The van der Waals surface area contributed by atoms with Gasteiger partial charge in [-0.1, -0.05) is 12.8 Å². The van der Waals surface area contributed by atoms with E-state index in [2.05, 4.69) is 31.2 Å². The third-order valence-corrected chi connectivity index (χ3v) is 4.58. The van der Waals surface area contributed by atoms with Gasteiger partial charge in [-0.25, -0.2) is 9.98 Å². The molecule has 0 aromatic carbocycles. The topological polar surface area (TPSA) is 73.4 Å². The Kier molecular flexibility index (Phi) is 3.80. The summed E-state index contributed by atoms with van der Waals surface area (Å²) in [7, 11) is 0. The second kappa shape index (κ2) is 6.11. The highest BCUT2D eigenvalue weighted by molar-refractivity contribution is 6.14. The maximum atomic E-state index is 12.3. The number of rotatable bonds is 1. The van der Waals surface area contributed by atoms with Crippen LogP contribution in [0.1, 0.15) is 36.8 Å². The molecule has 1 fully saturated rings. The lowest BCUT2D eigenvalue weighted by Gasteiger charge is -2.20. The molecule has 0 unspecified atom stereocenters. The molecule has 2 N–H and O–H groups in total. The summed E-state index contributed by atoms with van der Waals surface area (Å²) in [5.74, 6) is 0.562. The summed E-state index contributed by atoms with van der Waals surface area (Å²) in [5.41, 5.74) is 3.30. The molecule has 24 heavy (non-hydrogen) atoms. The number of nitrogens with zero attached hydrogens (tertiary/aromatic N) is 3. The summed E-state index contributed by atoms with van der Waals surface area (Å²) in [4.78, 5) is 26.5. The molecule has 2 aliphatic heterocycles. The van der Waals surface area contributed by atoms with Gasteiger partial charge in [-0.05, 0) is 37.5 Å². The normalized spacial score (nSPS) is 20.4. The van der Waals surface area contributed by atoms with Crippen molar-refractivity contribution in [1.82, 2.24) is 20.2 Å². The van der Waals surface area contributed by atoms with Crippen molar-refractivity contribution in [3.05, 3.63) is 35.3 Å². The molecule has 6 heteroatoms. The van der Waals surface area contributed by atoms with Crippen LogP contribution < -0.4 is 5.32 Å². The molecule has 2 aromatic heterocycles. The Labute approximate surface area is 140 Å².